The molecule has 74 valence electrons. The Hall–Kier alpha value is -1.84. The zero-order valence-corrected chi connectivity index (χ0v) is 7.53. The number of carbonyl (C=O) groups excluding carboxylic acids is 1. The van der Waals surface area contributed by atoms with E-state index in [1.165, 1.54) is 25.3 Å². The Morgan fingerprint density at radius 3 is 2.86 bits per heavy atom. The molecule has 0 unspecified atom stereocenters. The normalized spacial score (nSPS) is 10.4. The average molecular weight is 196 g/mol. The summed E-state index contributed by atoms with van der Waals surface area (Å²) >= 11 is 0. The molecule has 4 heteroatoms. The summed E-state index contributed by atoms with van der Waals surface area (Å²) in [5.41, 5.74) is -0.0297. The fraction of sp³-hybridized carbons (Fsp3) is 0.100. The van der Waals surface area contributed by atoms with Gasteiger partial charge < -0.3 is 9.84 Å². The number of aromatic hydroxyl groups is 1. The maximum Gasteiger partial charge on any atom is 0.330 e. The lowest BCUT2D eigenvalue weighted by molar-refractivity contribution is -0.134. The predicted molar refractivity (Wildman–Crippen MR) is 49.1 cm³/mol. The molecule has 0 aromatic heterocycles. The molecule has 0 aliphatic carbocycles. The van der Waals surface area contributed by atoms with Gasteiger partial charge in [-0.1, -0.05) is 6.07 Å². The second-order valence-electron chi connectivity index (χ2n) is 2.53. The van der Waals surface area contributed by atoms with E-state index >= 15 is 0 Å². The predicted octanol–water partition coefficient (Wildman–Crippen LogP) is 1.72. The highest BCUT2D eigenvalue weighted by molar-refractivity contribution is 5.87. The van der Waals surface area contributed by atoms with Crippen molar-refractivity contribution in [3.8, 4) is 5.75 Å². The van der Waals surface area contributed by atoms with Gasteiger partial charge in [0.15, 0.2) is 0 Å². The second kappa shape index (κ2) is 4.41. The monoisotopic (exact) mass is 196 g/mol. The first-order valence-corrected chi connectivity index (χ1v) is 3.88. The third-order valence-electron chi connectivity index (χ3n) is 1.62. The minimum Gasteiger partial charge on any atom is -0.507 e. The molecule has 0 heterocycles. The number of esters is 1. The largest absolute Gasteiger partial charge is 0.507 e. The van der Waals surface area contributed by atoms with Crippen LogP contribution in [-0.2, 0) is 9.53 Å². The van der Waals surface area contributed by atoms with E-state index in [0.717, 1.165) is 12.2 Å². The van der Waals surface area contributed by atoms with Crippen molar-refractivity contribution in [1.29, 1.82) is 0 Å². The Morgan fingerprint density at radius 2 is 2.29 bits per heavy atom. The van der Waals surface area contributed by atoms with Gasteiger partial charge in [0.1, 0.15) is 11.6 Å². The van der Waals surface area contributed by atoms with E-state index in [0.29, 0.717) is 0 Å². The van der Waals surface area contributed by atoms with Crippen LogP contribution in [0.25, 0.3) is 6.08 Å². The van der Waals surface area contributed by atoms with Crippen LogP contribution >= 0.6 is 0 Å². The van der Waals surface area contributed by atoms with E-state index in [2.05, 4.69) is 4.74 Å². The summed E-state index contributed by atoms with van der Waals surface area (Å²) in [6.45, 7) is 0. The molecule has 1 aromatic rings. The van der Waals surface area contributed by atoms with Crippen molar-refractivity contribution >= 4 is 12.0 Å². The summed E-state index contributed by atoms with van der Waals surface area (Å²) in [6, 6.07) is 3.90. The number of halogens is 1. The molecular formula is C10H9FO3. The zero-order valence-electron chi connectivity index (χ0n) is 7.53. The van der Waals surface area contributed by atoms with Crippen LogP contribution in [0.1, 0.15) is 5.56 Å². The van der Waals surface area contributed by atoms with E-state index < -0.39 is 11.8 Å². The number of carbonyl (C=O) groups is 1. The standard InChI is InChI=1S/C10H9FO3/c1-14-10(13)6-5-7-8(11)3-2-4-9(7)12/h2-6,12H,1H3. The van der Waals surface area contributed by atoms with Crippen molar-refractivity contribution < 1.29 is 19.0 Å². The summed E-state index contributed by atoms with van der Waals surface area (Å²) in [5.74, 6) is -1.41. The third-order valence-corrected chi connectivity index (χ3v) is 1.62. The molecule has 0 aliphatic heterocycles. The lowest BCUT2D eigenvalue weighted by atomic mass is 10.2. The van der Waals surface area contributed by atoms with Crippen molar-refractivity contribution in [1.82, 2.24) is 0 Å². The number of rotatable bonds is 2. The first-order chi connectivity index (χ1) is 6.65. The van der Waals surface area contributed by atoms with Crippen LogP contribution in [0.4, 0.5) is 4.39 Å². The highest BCUT2D eigenvalue weighted by Crippen LogP contribution is 2.20. The van der Waals surface area contributed by atoms with Crippen molar-refractivity contribution in [3.63, 3.8) is 0 Å². The number of hydrogen-bond acceptors (Lipinski definition) is 3. The number of benzene rings is 1. The topological polar surface area (TPSA) is 46.5 Å². The van der Waals surface area contributed by atoms with Gasteiger partial charge in [-0.2, -0.15) is 0 Å². The van der Waals surface area contributed by atoms with E-state index in [1.807, 2.05) is 0 Å². The second-order valence-corrected chi connectivity index (χ2v) is 2.53. The van der Waals surface area contributed by atoms with Gasteiger partial charge in [0.05, 0.1) is 12.7 Å². The Balaban J connectivity index is 2.96. The van der Waals surface area contributed by atoms with Crippen molar-refractivity contribution in [2.24, 2.45) is 0 Å². The molecule has 0 fully saturated rings. The van der Waals surface area contributed by atoms with Gasteiger partial charge in [0.25, 0.3) is 0 Å². The average Bonchev–Trinajstić information content (AvgIpc) is 2.16. The van der Waals surface area contributed by atoms with Gasteiger partial charge in [0, 0.05) is 6.08 Å². The summed E-state index contributed by atoms with van der Waals surface area (Å²) in [5, 5.41) is 9.23. The van der Waals surface area contributed by atoms with E-state index in [1.54, 1.807) is 0 Å². The van der Waals surface area contributed by atoms with E-state index in [4.69, 9.17) is 0 Å². The van der Waals surface area contributed by atoms with Gasteiger partial charge in [-0.25, -0.2) is 9.18 Å². The van der Waals surface area contributed by atoms with Crippen LogP contribution in [0.15, 0.2) is 24.3 Å². The van der Waals surface area contributed by atoms with Gasteiger partial charge in [-0.15, -0.1) is 0 Å². The smallest absolute Gasteiger partial charge is 0.330 e. The molecule has 1 rings (SSSR count). The Bertz CT molecular complexity index is 351. The molecule has 0 saturated heterocycles. The van der Waals surface area contributed by atoms with Crippen molar-refractivity contribution in [2.75, 3.05) is 7.11 Å². The zero-order chi connectivity index (χ0) is 10.6. The first-order valence-electron chi connectivity index (χ1n) is 3.88. The first kappa shape index (κ1) is 10.2. The number of phenolic OH excluding ortho intramolecular Hbond substituents is 1. The molecule has 0 atom stereocenters. The summed E-state index contributed by atoms with van der Waals surface area (Å²) in [4.78, 5) is 10.7. The molecule has 0 amide bonds. The SMILES string of the molecule is COC(=O)C=Cc1c(O)cccc1F. The highest BCUT2D eigenvalue weighted by Gasteiger charge is 2.03. The molecule has 0 aliphatic rings. The van der Waals surface area contributed by atoms with Crippen molar-refractivity contribution in [2.45, 2.75) is 0 Å². The van der Waals surface area contributed by atoms with Gasteiger partial charge in [0.2, 0.25) is 0 Å². The van der Waals surface area contributed by atoms with Gasteiger partial charge in [-0.05, 0) is 18.2 Å². The van der Waals surface area contributed by atoms with Crippen LogP contribution in [0, 0.1) is 5.82 Å². The maximum atomic E-state index is 13.0. The van der Waals surface area contributed by atoms with Gasteiger partial charge >= 0.3 is 5.97 Å². The minimum atomic E-state index is -0.604. The third kappa shape index (κ3) is 2.32. The fourth-order valence-electron chi connectivity index (χ4n) is 0.910. The number of ether oxygens (including phenoxy) is 1. The Kier molecular flexibility index (Phi) is 3.23. The lowest BCUT2D eigenvalue weighted by Gasteiger charge is -1.99. The fourth-order valence-corrected chi connectivity index (χ4v) is 0.910. The molecule has 0 spiro atoms. The van der Waals surface area contributed by atoms with Crippen LogP contribution in [-0.4, -0.2) is 18.2 Å². The van der Waals surface area contributed by atoms with Crippen LogP contribution in [0.3, 0.4) is 0 Å². The van der Waals surface area contributed by atoms with E-state index in [-0.39, 0.29) is 11.3 Å². The van der Waals surface area contributed by atoms with Crippen LogP contribution in [0.5, 0.6) is 5.75 Å². The molecular weight excluding hydrogens is 187 g/mol. The Morgan fingerprint density at radius 1 is 1.57 bits per heavy atom. The van der Waals surface area contributed by atoms with Crippen molar-refractivity contribution in [3.05, 3.63) is 35.7 Å². The van der Waals surface area contributed by atoms with E-state index in [9.17, 15) is 14.3 Å². The summed E-state index contributed by atoms with van der Waals surface area (Å²) < 4.78 is 17.4. The van der Waals surface area contributed by atoms with Gasteiger partial charge in [-0.3, -0.25) is 0 Å². The summed E-state index contributed by atoms with van der Waals surface area (Å²) in [6.07, 6.45) is 2.20. The maximum absolute atomic E-state index is 13.0. The Labute approximate surface area is 80.4 Å². The quantitative estimate of drug-likeness (QED) is 0.578. The van der Waals surface area contributed by atoms with Crippen LogP contribution in [0.2, 0.25) is 0 Å². The molecule has 0 bridgehead atoms. The molecule has 1 aromatic carbocycles. The number of methoxy groups -OCH3 is 1. The highest BCUT2D eigenvalue weighted by atomic mass is 19.1. The van der Waals surface area contributed by atoms with Crippen LogP contribution < -0.4 is 0 Å². The molecule has 0 radical (unpaired) electrons. The molecule has 0 saturated carbocycles. The summed E-state index contributed by atoms with van der Waals surface area (Å²) in [7, 11) is 1.22. The number of hydrogen-bond donors (Lipinski definition) is 1. The number of phenols is 1. The molecule has 3 nitrogen and oxygen atoms in total. The molecule has 14 heavy (non-hydrogen) atoms. The molecule has 1 N–H and O–H groups in total. The minimum absolute atomic E-state index is 0.0297. The lowest BCUT2D eigenvalue weighted by Crippen LogP contribution is -1.93.